The standard InChI is InChI=1S/C21H19ClN4O4S/c1-29-16-7-12(8-17(10-16)30-2)19(28)23-21-25-24-20(31-21)13-9-18(27)26(11-13)15-5-3-14(22)4-6-15/h3-8,10,13H,9,11H2,1-2H3,(H,23,25,28). The van der Waals surface area contributed by atoms with E-state index in [1.54, 1.807) is 35.2 Å². The van der Waals surface area contributed by atoms with Gasteiger partial charge in [-0.2, -0.15) is 0 Å². The highest BCUT2D eigenvalue weighted by molar-refractivity contribution is 7.15. The molecule has 4 rings (SSSR count). The van der Waals surface area contributed by atoms with Gasteiger partial charge in [-0.1, -0.05) is 22.9 Å². The van der Waals surface area contributed by atoms with Crippen LogP contribution in [-0.2, 0) is 4.79 Å². The maximum Gasteiger partial charge on any atom is 0.257 e. The molecule has 2 heterocycles. The molecule has 1 N–H and O–H groups in total. The van der Waals surface area contributed by atoms with Crippen molar-refractivity contribution in [3.05, 3.63) is 58.1 Å². The van der Waals surface area contributed by atoms with E-state index >= 15 is 0 Å². The molecule has 2 amide bonds. The number of methoxy groups -OCH3 is 2. The van der Waals surface area contributed by atoms with Crippen LogP contribution < -0.4 is 19.7 Å². The fourth-order valence-corrected chi connectivity index (χ4v) is 4.26. The van der Waals surface area contributed by atoms with Crippen molar-refractivity contribution in [2.24, 2.45) is 0 Å². The van der Waals surface area contributed by atoms with Crippen molar-refractivity contribution in [2.45, 2.75) is 12.3 Å². The van der Waals surface area contributed by atoms with Crippen LogP contribution in [0.15, 0.2) is 42.5 Å². The van der Waals surface area contributed by atoms with Crippen molar-refractivity contribution in [3.8, 4) is 11.5 Å². The summed E-state index contributed by atoms with van der Waals surface area (Å²) in [6.45, 7) is 0.496. The fraction of sp³-hybridized carbons (Fsp3) is 0.238. The Morgan fingerprint density at radius 2 is 1.81 bits per heavy atom. The van der Waals surface area contributed by atoms with Crippen LogP contribution in [0.25, 0.3) is 0 Å². The molecule has 1 fully saturated rings. The maximum absolute atomic E-state index is 12.6. The van der Waals surface area contributed by atoms with Gasteiger partial charge in [-0.15, -0.1) is 10.2 Å². The third-order valence-corrected chi connectivity index (χ3v) is 6.14. The van der Waals surface area contributed by atoms with E-state index in [1.807, 2.05) is 12.1 Å². The van der Waals surface area contributed by atoms with Crippen LogP contribution in [0.1, 0.15) is 27.7 Å². The minimum absolute atomic E-state index is 0.0107. The van der Waals surface area contributed by atoms with Gasteiger partial charge in [0.15, 0.2) is 0 Å². The Hall–Kier alpha value is -3.17. The van der Waals surface area contributed by atoms with Crippen LogP contribution in [0.5, 0.6) is 11.5 Å². The molecule has 1 unspecified atom stereocenters. The Morgan fingerprint density at radius 1 is 1.13 bits per heavy atom. The summed E-state index contributed by atoms with van der Waals surface area (Å²) < 4.78 is 10.4. The lowest BCUT2D eigenvalue weighted by molar-refractivity contribution is -0.117. The smallest absolute Gasteiger partial charge is 0.257 e. The van der Waals surface area contributed by atoms with Crippen LogP contribution in [0, 0.1) is 0 Å². The van der Waals surface area contributed by atoms with Gasteiger partial charge in [0, 0.05) is 41.2 Å². The van der Waals surface area contributed by atoms with Crippen LogP contribution in [0.3, 0.4) is 0 Å². The first-order chi connectivity index (χ1) is 15.0. The van der Waals surface area contributed by atoms with E-state index in [0.717, 1.165) is 5.69 Å². The summed E-state index contributed by atoms with van der Waals surface area (Å²) in [4.78, 5) is 26.8. The van der Waals surface area contributed by atoms with Crippen molar-refractivity contribution >= 4 is 45.6 Å². The number of halogens is 1. The number of carbonyl (C=O) groups is 2. The first-order valence-corrected chi connectivity index (χ1v) is 10.6. The monoisotopic (exact) mass is 458 g/mol. The molecule has 31 heavy (non-hydrogen) atoms. The highest BCUT2D eigenvalue weighted by Gasteiger charge is 2.34. The normalized spacial score (nSPS) is 15.8. The number of ether oxygens (including phenoxy) is 2. The quantitative estimate of drug-likeness (QED) is 0.600. The Balaban J connectivity index is 1.46. The predicted molar refractivity (Wildman–Crippen MR) is 119 cm³/mol. The first kappa shape index (κ1) is 21.1. The summed E-state index contributed by atoms with van der Waals surface area (Å²) in [5, 5.41) is 12.7. The number of anilines is 2. The largest absolute Gasteiger partial charge is 0.497 e. The third kappa shape index (κ3) is 4.62. The highest BCUT2D eigenvalue weighted by atomic mass is 35.5. The fourth-order valence-electron chi connectivity index (χ4n) is 3.30. The van der Waals surface area contributed by atoms with Gasteiger partial charge >= 0.3 is 0 Å². The molecule has 0 bridgehead atoms. The molecule has 3 aromatic rings. The van der Waals surface area contributed by atoms with Crippen molar-refractivity contribution in [3.63, 3.8) is 0 Å². The van der Waals surface area contributed by atoms with Gasteiger partial charge in [0.25, 0.3) is 5.91 Å². The molecule has 0 radical (unpaired) electrons. The Bertz CT molecular complexity index is 1100. The molecular formula is C21H19ClN4O4S. The molecule has 1 aliphatic rings. The van der Waals surface area contributed by atoms with Crippen molar-refractivity contribution in [1.29, 1.82) is 0 Å². The van der Waals surface area contributed by atoms with E-state index in [1.165, 1.54) is 25.6 Å². The Labute approximate surface area is 187 Å². The molecular weight excluding hydrogens is 440 g/mol. The molecule has 2 aromatic carbocycles. The number of nitrogens with one attached hydrogen (secondary N) is 1. The van der Waals surface area contributed by atoms with Crippen molar-refractivity contribution < 1.29 is 19.1 Å². The lowest BCUT2D eigenvalue weighted by Gasteiger charge is -2.16. The average Bonchev–Trinajstić information content (AvgIpc) is 3.40. The van der Waals surface area contributed by atoms with Gasteiger partial charge in [0.1, 0.15) is 16.5 Å². The Kier molecular flexibility index (Phi) is 6.06. The Morgan fingerprint density at radius 3 is 2.45 bits per heavy atom. The lowest BCUT2D eigenvalue weighted by atomic mass is 10.1. The average molecular weight is 459 g/mol. The number of aromatic nitrogens is 2. The predicted octanol–water partition coefficient (Wildman–Crippen LogP) is 3.98. The zero-order chi connectivity index (χ0) is 22.0. The molecule has 1 atom stereocenters. The summed E-state index contributed by atoms with van der Waals surface area (Å²) >= 11 is 7.19. The number of nitrogens with zero attached hydrogens (tertiary/aromatic N) is 3. The third-order valence-electron chi connectivity index (χ3n) is 4.89. The molecule has 8 nitrogen and oxygen atoms in total. The van der Waals surface area contributed by atoms with Gasteiger partial charge in [0.2, 0.25) is 11.0 Å². The molecule has 0 aliphatic carbocycles. The van der Waals surface area contributed by atoms with Gasteiger partial charge < -0.3 is 14.4 Å². The van der Waals surface area contributed by atoms with Crippen molar-refractivity contribution in [2.75, 3.05) is 31.0 Å². The van der Waals surface area contributed by atoms with Crippen LogP contribution in [0.4, 0.5) is 10.8 Å². The number of carbonyl (C=O) groups excluding carboxylic acids is 2. The number of amides is 2. The first-order valence-electron chi connectivity index (χ1n) is 9.40. The molecule has 10 heteroatoms. The van der Waals surface area contributed by atoms with Gasteiger partial charge in [-0.3, -0.25) is 14.9 Å². The lowest BCUT2D eigenvalue weighted by Crippen LogP contribution is -2.24. The zero-order valence-corrected chi connectivity index (χ0v) is 18.4. The minimum atomic E-state index is -0.356. The highest BCUT2D eigenvalue weighted by Crippen LogP contribution is 2.34. The number of benzene rings is 2. The second-order valence-corrected chi connectivity index (χ2v) is 8.33. The van der Waals surface area contributed by atoms with Gasteiger partial charge in [0.05, 0.1) is 14.2 Å². The summed E-state index contributed by atoms with van der Waals surface area (Å²) in [6.07, 6.45) is 0.332. The maximum atomic E-state index is 12.6. The second-order valence-electron chi connectivity index (χ2n) is 6.88. The summed E-state index contributed by atoms with van der Waals surface area (Å²) in [7, 11) is 3.04. The summed E-state index contributed by atoms with van der Waals surface area (Å²) in [6, 6.07) is 12.0. The number of hydrogen-bond donors (Lipinski definition) is 1. The van der Waals surface area contributed by atoms with Gasteiger partial charge in [-0.25, -0.2) is 0 Å². The van der Waals surface area contributed by atoms with Gasteiger partial charge in [-0.05, 0) is 36.4 Å². The van der Waals surface area contributed by atoms with E-state index < -0.39 is 0 Å². The molecule has 1 aliphatic heterocycles. The number of rotatable bonds is 6. The van der Waals surface area contributed by atoms with Crippen LogP contribution in [0.2, 0.25) is 5.02 Å². The molecule has 0 spiro atoms. The van der Waals surface area contributed by atoms with Crippen molar-refractivity contribution in [1.82, 2.24) is 10.2 Å². The SMILES string of the molecule is COc1cc(OC)cc(C(=O)Nc2nnc(C3CC(=O)N(c4ccc(Cl)cc4)C3)s2)c1. The van der Waals surface area contributed by atoms with E-state index in [-0.39, 0.29) is 17.7 Å². The summed E-state index contributed by atoms with van der Waals surface area (Å²) in [5.41, 5.74) is 1.17. The number of hydrogen-bond acceptors (Lipinski definition) is 7. The molecule has 1 aromatic heterocycles. The van der Waals surface area contributed by atoms with E-state index in [9.17, 15) is 9.59 Å². The topological polar surface area (TPSA) is 93.6 Å². The van der Waals surface area contributed by atoms with Crippen LogP contribution in [-0.4, -0.2) is 42.8 Å². The van der Waals surface area contributed by atoms with E-state index in [0.29, 0.717) is 45.2 Å². The second kappa shape index (κ2) is 8.91. The minimum Gasteiger partial charge on any atom is -0.497 e. The van der Waals surface area contributed by atoms with E-state index in [4.69, 9.17) is 21.1 Å². The molecule has 160 valence electrons. The van der Waals surface area contributed by atoms with Crippen LogP contribution >= 0.6 is 22.9 Å². The van der Waals surface area contributed by atoms with E-state index in [2.05, 4.69) is 15.5 Å². The summed E-state index contributed by atoms with van der Waals surface area (Å²) in [5.74, 6) is 0.577. The zero-order valence-electron chi connectivity index (χ0n) is 16.8. The molecule has 0 saturated carbocycles. The molecule has 1 saturated heterocycles.